The molecule has 0 aromatic carbocycles. The van der Waals surface area contributed by atoms with Crippen LogP contribution in [0, 0.1) is 0 Å². The SMILES string of the molecule is CC(C)n1nnc(Br)c1CBr. The first-order valence-corrected chi connectivity index (χ1v) is 5.23. The zero-order valence-corrected chi connectivity index (χ0v) is 9.55. The van der Waals surface area contributed by atoms with Gasteiger partial charge in [0.25, 0.3) is 0 Å². The Labute approximate surface area is 82.4 Å². The topological polar surface area (TPSA) is 30.7 Å². The van der Waals surface area contributed by atoms with E-state index in [9.17, 15) is 0 Å². The molecule has 0 spiro atoms. The summed E-state index contributed by atoms with van der Waals surface area (Å²) in [5, 5.41) is 8.66. The molecule has 0 saturated carbocycles. The van der Waals surface area contributed by atoms with Crippen LogP contribution in [0.5, 0.6) is 0 Å². The van der Waals surface area contributed by atoms with E-state index in [-0.39, 0.29) is 0 Å². The predicted molar refractivity (Wildman–Crippen MR) is 50.7 cm³/mol. The molecule has 0 amide bonds. The first kappa shape index (κ1) is 9.19. The maximum atomic E-state index is 3.98. The van der Waals surface area contributed by atoms with Crippen LogP contribution in [-0.2, 0) is 5.33 Å². The second kappa shape index (κ2) is 3.67. The van der Waals surface area contributed by atoms with Crippen LogP contribution in [0.2, 0.25) is 0 Å². The van der Waals surface area contributed by atoms with Gasteiger partial charge in [0.05, 0.1) is 5.69 Å². The number of rotatable bonds is 2. The molecule has 0 N–H and O–H groups in total. The number of nitrogens with zero attached hydrogens (tertiary/aromatic N) is 3. The molecule has 0 bridgehead atoms. The number of halogens is 2. The van der Waals surface area contributed by atoms with E-state index in [2.05, 4.69) is 56.0 Å². The van der Waals surface area contributed by atoms with Crippen LogP contribution in [0.15, 0.2) is 4.60 Å². The zero-order chi connectivity index (χ0) is 8.43. The molecule has 3 nitrogen and oxygen atoms in total. The third kappa shape index (κ3) is 1.82. The molecule has 0 unspecified atom stereocenters. The Morgan fingerprint density at radius 1 is 1.55 bits per heavy atom. The molecule has 0 fully saturated rings. The van der Waals surface area contributed by atoms with Gasteiger partial charge in [0.1, 0.15) is 0 Å². The smallest absolute Gasteiger partial charge is 0.152 e. The number of alkyl halides is 1. The molecule has 0 aliphatic carbocycles. The van der Waals surface area contributed by atoms with Crippen LogP contribution in [0.3, 0.4) is 0 Å². The Morgan fingerprint density at radius 2 is 2.18 bits per heavy atom. The van der Waals surface area contributed by atoms with E-state index in [1.165, 1.54) is 0 Å². The van der Waals surface area contributed by atoms with Crippen LogP contribution in [0.25, 0.3) is 0 Å². The van der Waals surface area contributed by atoms with Gasteiger partial charge in [-0.25, -0.2) is 4.68 Å². The fourth-order valence-electron chi connectivity index (χ4n) is 0.825. The van der Waals surface area contributed by atoms with Crippen LogP contribution in [-0.4, -0.2) is 15.0 Å². The van der Waals surface area contributed by atoms with Gasteiger partial charge < -0.3 is 0 Å². The summed E-state index contributed by atoms with van der Waals surface area (Å²) in [6.45, 7) is 4.15. The number of aromatic nitrogens is 3. The fourth-order valence-corrected chi connectivity index (χ4v) is 2.12. The second-order valence-electron chi connectivity index (χ2n) is 2.50. The van der Waals surface area contributed by atoms with Crippen molar-refractivity contribution in [3.05, 3.63) is 10.3 Å². The van der Waals surface area contributed by atoms with E-state index in [4.69, 9.17) is 0 Å². The maximum Gasteiger partial charge on any atom is 0.152 e. The lowest BCUT2D eigenvalue weighted by atomic mass is 10.4. The van der Waals surface area contributed by atoms with E-state index in [0.717, 1.165) is 15.6 Å². The molecular formula is C6H9Br2N3. The van der Waals surface area contributed by atoms with Crippen LogP contribution >= 0.6 is 31.9 Å². The Morgan fingerprint density at radius 3 is 2.55 bits per heavy atom. The average Bonchev–Trinajstić information content (AvgIpc) is 2.30. The van der Waals surface area contributed by atoms with Gasteiger partial charge in [0.15, 0.2) is 4.60 Å². The third-order valence-corrected chi connectivity index (χ3v) is 2.51. The van der Waals surface area contributed by atoms with Gasteiger partial charge >= 0.3 is 0 Å². The lowest BCUT2D eigenvalue weighted by Crippen LogP contribution is -2.06. The molecule has 0 radical (unpaired) electrons. The Hall–Kier alpha value is 0.1000. The van der Waals surface area contributed by atoms with Crippen LogP contribution in [0.1, 0.15) is 25.6 Å². The van der Waals surface area contributed by atoms with Crippen molar-refractivity contribution in [2.24, 2.45) is 0 Å². The van der Waals surface area contributed by atoms with Gasteiger partial charge in [-0.1, -0.05) is 21.1 Å². The van der Waals surface area contributed by atoms with Crippen molar-refractivity contribution in [3.63, 3.8) is 0 Å². The highest BCUT2D eigenvalue weighted by Crippen LogP contribution is 2.18. The number of hydrogen-bond donors (Lipinski definition) is 0. The van der Waals surface area contributed by atoms with Gasteiger partial charge in [0, 0.05) is 11.4 Å². The van der Waals surface area contributed by atoms with E-state index >= 15 is 0 Å². The Bertz CT molecular complexity index is 244. The van der Waals surface area contributed by atoms with E-state index in [1.807, 2.05) is 4.68 Å². The van der Waals surface area contributed by atoms with Crippen molar-refractivity contribution in [3.8, 4) is 0 Å². The molecule has 0 saturated heterocycles. The van der Waals surface area contributed by atoms with Crippen molar-refractivity contribution >= 4 is 31.9 Å². The summed E-state index contributed by atoms with van der Waals surface area (Å²) in [4.78, 5) is 0. The molecule has 62 valence electrons. The minimum Gasteiger partial charge on any atom is -0.245 e. The Kier molecular flexibility index (Phi) is 3.06. The van der Waals surface area contributed by atoms with Crippen molar-refractivity contribution in [1.82, 2.24) is 15.0 Å². The minimum atomic E-state index is 0.362. The normalized spacial score (nSPS) is 11.0. The van der Waals surface area contributed by atoms with Gasteiger partial charge in [-0.15, -0.1) is 5.10 Å². The summed E-state index contributed by atoms with van der Waals surface area (Å²) in [7, 11) is 0. The largest absolute Gasteiger partial charge is 0.245 e. The summed E-state index contributed by atoms with van der Waals surface area (Å²) in [6.07, 6.45) is 0. The van der Waals surface area contributed by atoms with Crippen molar-refractivity contribution < 1.29 is 0 Å². The third-order valence-electron chi connectivity index (χ3n) is 1.36. The summed E-state index contributed by atoms with van der Waals surface area (Å²) >= 11 is 6.70. The fraction of sp³-hybridized carbons (Fsp3) is 0.667. The highest BCUT2D eigenvalue weighted by molar-refractivity contribution is 9.10. The summed E-state index contributed by atoms with van der Waals surface area (Å²) in [5.41, 5.74) is 1.08. The number of hydrogen-bond acceptors (Lipinski definition) is 2. The molecule has 0 aliphatic rings. The molecule has 1 heterocycles. The van der Waals surface area contributed by atoms with E-state index in [1.54, 1.807) is 0 Å². The molecule has 5 heteroatoms. The quantitative estimate of drug-likeness (QED) is 0.781. The highest BCUT2D eigenvalue weighted by Gasteiger charge is 2.10. The lowest BCUT2D eigenvalue weighted by molar-refractivity contribution is 0.501. The van der Waals surface area contributed by atoms with E-state index < -0.39 is 0 Å². The standard InChI is InChI=1S/C6H9Br2N3/c1-4(2)11-5(3-7)6(8)9-10-11/h4H,3H2,1-2H3. The molecule has 0 aliphatic heterocycles. The molecule has 0 atom stereocenters. The first-order chi connectivity index (χ1) is 5.16. The zero-order valence-electron chi connectivity index (χ0n) is 6.38. The summed E-state index contributed by atoms with van der Waals surface area (Å²) in [6, 6.07) is 0.362. The molecule has 1 aromatic rings. The molecule has 1 rings (SSSR count). The van der Waals surface area contributed by atoms with Gasteiger partial charge in [-0.3, -0.25) is 0 Å². The maximum absolute atomic E-state index is 3.98. The Balaban J connectivity index is 3.05. The monoisotopic (exact) mass is 281 g/mol. The van der Waals surface area contributed by atoms with Crippen molar-refractivity contribution in [2.75, 3.05) is 0 Å². The minimum absolute atomic E-state index is 0.362. The first-order valence-electron chi connectivity index (χ1n) is 3.32. The molecule has 11 heavy (non-hydrogen) atoms. The second-order valence-corrected chi connectivity index (χ2v) is 3.81. The van der Waals surface area contributed by atoms with Crippen molar-refractivity contribution in [1.29, 1.82) is 0 Å². The van der Waals surface area contributed by atoms with Gasteiger partial charge in [-0.05, 0) is 29.8 Å². The molecule has 1 aromatic heterocycles. The molecular weight excluding hydrogens is 274 g/mol. The average molecular weight is 283 g/mol. The van der Waals surface area contributed by atoms with E-state index in [0.29, 0.717) is 6.04 Å². The lowest BCUT2D eigenvalue weighted by Gasteiger charge is -2.06. The van der Waals surface area contributed by atoms with Crippen LogP contribution < -0.4 is 0 Å². The van der Waals surface area contributed by atoms with Crippen molar-refractivity contribution in [2.45, 2.75) is 25.2 Å². The van der Waals surface area contributed by atoms with Gasteiger partial charge in [-0.2, -0.15) is 0 Å². The van der Waals surface area contributed by atoms with Crippen LogP contribution in [0.4, 0.5) is 0 Å². The highest BCUT2D eigenvalue weighted by atomic mass is 79.9. The summed E-state index contributed by atoms with van der Waals surface area (Å²) < 4.78 is 2.71. The summed E-state index contributed by atoms with van der Waals surface area (Å²) in [5.74, 6) is 0. The predicted octanol–water partition coefficient (Wildman–Crippen LogP) is 2.52. The van der Waals surface area contributed by atoms with Gasteiger partial charge in [0.2, 0.25) is 0 Å².